The molecule has 1 aromatic carbocycles. The number of urea groups is 1. The van der Waals surface area contributed by atoms with E-state index in [0.717, 1.165) is 37.1 Å². The third kappa shape index (κ3) is 3.60. The minimum Gasteiger partial charge on any atom is -0.316 e. The maximum atomic E-state index is 13.2. The summed E-state index contributed by atoms with van der Waals surface area (Å²) in [5.41, 5.74) is 7.13. The number of aromatic nitrogens is 2. The normalized spacial score (nSPS) is 16.6. The van der Waals surface area contributed by atoms with E-state index in [1.165, 1.54) is 41.6 Å². The van der Waals surface area contributed by atoms with Gasteiger partial charge in [0.1, 0.15) is 0 Å². The molecule has 2 amide bonds. The zero-order valence-corrected chi connectivity index (χ0v) is 16.7. The quantitative estimate of drug-likeness (QED) is 0.866. The van der Waals surface area contributed by atoms with Gasteiger partial charge in [0.25, 0.3) is 0 Å². The third-order valence-corrected chi connectivity index (χ3v) is 6.30. The Morgan fingerprint density at radius 2 is 1.96 bits per heavy atom. The average Bonchev–Trinajstić information content (AvgIpc) is 3.36. The van der Waals surface area contributed by atoms with Crippen LogP contribution in [0.25, 0.3) is 0 Å². The number of nitrogens with one attached hydrogen (secondary N) is 1. The van der Waals surface area contributed by atoms with Crippen molar-refractivity contribution in [1.29, 1.82) is 0 Å². The molecule has 27 heavy (non-hydrogen) atoms. The number of hydrogen-bond acceptors (Lipinski definition) is 2. The van der Waals surface area contributed by atoms with Crippen LogP contribution in [0.4, 0.5) is 10.5 Å². The van der Waals surface area contributed by atoms with Crippen LogP contribution in [0, 0.1) is 13.8 Å². The molecule has 0 radical (unpaired) electrons. The van der Waals surface area contributed by atoms with Crippen molar-refractivity contribution in [3.8, 4) is 0 Å². The van der Waals surface area contributed by atoms with Gasteiger partial charge in [0.2, 0.25) is 0 Å². The SMILES string of the molecule is Cc1ccc(NC(=O)N(Cc2nn(C)c3c2CCC3)C2CCCC2)cc1C. The van der Waals surface area contributed by atoms with Gasteiger partial charge in [-0.1, -0.05) is 18.9 Å². The lowest BCUT2D eigenvalue weighted by atomic mass is 10.1. The van der Waals surface area contributed by atoms with E-state index in [2.05, 4.69) is 31.3 Å². The fraction of sp³-hybridized carbons (Fsp3) is 0.545. The second-order valence-corrected chi connectivity index (χ2v) is 8.14. The molecule has 5 nitrogen and oxygen atoms in total. The van der Waals surface area contributed by atoms with Crippen molar-refractivity contribution in [3.63, 3.8) is 0 Å². The fourth-order valence-electron chi connectivity index (χ4n) is 4.58. The van der Waals surface area contributed by atoms with Crippen molar-refractivity contribution >= 4 is 11.7 Å². The molecule has 5 heteroatoms. The van der Waals surface area contributed by atoms with Gasteiger partial charge in [0.05, 0.1) is 12.2 Å². The molecule has 1 fully saturated rings. The fourth-order valence-corrected chi connectivity index (χ4v) is 4.58. The molecule has 0 spiro atoms. The summed E-state index contributed by atoms with van der Waals surface area (Å²) < 4.78 is 2.02. The molecule has 2 aliphatic carbocycles. The molecule has 1 aromatic heterocycles. The van der Waals surface area contributed by atoms with E-state index in [0.29, 0.717) is 12.6 Å². The highest BCUT2D eigenvalue weighted by Crippen LogP contribution is 2.29. The van der Waals surface area contributed by atoms with Crippen molar-refractivity contribution < 1.29 is 4.79 Å². The van der Waals surface area contributed by atoms with Crippen LogP contribution in [-0.2, 0) is 26.4 Å². The second-order valence-electron chi connectivity index (χ2n) is 8.14. The van der Waals surface area contributed by atoms with Gasteiger partial charge >= 0.3 is 6.03 Å². The summed E-state index contributed by atoms with van der Waals surface area (Å²) in [5, 5.41) is 7.89. The zero-order valence-electron chi connectivity index (χ0n) is 16.7. The standard InChI is InChI=1S/C22H30N4O/c1-15-11-12-17(13-16(15)2)23-22(27)26(18-7-4-5-8-18)14-20-19-9-6-10-21(19)25(3)24-20/h11-13,18H,4-10,14H2,1-3H3,(H,23,27). The summed E-state index contributed by atoms with van der Waals surface area (Å²) in [5.74, 6) is 0. The van der Waals surface area contributed by atoms with Crippen molar-refractivity contribution in [2.24, 2.45) is 7.05 Å². The second kappa shape index (κ2) is 7.37. The number of nitrogens with zero attached hydrogens (tertiary/aromatic N) is 3. The van der Waals surface area contributed by atoms with Crippen LogP contribution >= 0.6 is 0 Å². The third-order valence-electron chi connectivity index (χ3n) is 6.30. The molecule has 1 heterocycles. The van der Waals surface area contributed by atoms with Crippen LogP contribution in [0.2, 0.25) is 0 Å². The molecule has 1 saturated carbocycles. The highest BCUT2D eigenvalue weighted by atomic mass is 16.2. The Kier molecular flexibility index (Phi) is 4.94. The monoisotopic (exact) mass is 366 g/mol. The first kappa shape index (κ1) is 18.1. The summed E-state index contributed by atoms with van der Waals surface area (Å²) >= 11 is 0. The predicted octanol–water partition coefficient (Wildman–Crippen LogP) is 4.50. The van der Waals surface area contributed by atoms with Gasteiger partial charge in [0.15, 0.2) is 0 Å². The Labute approximate surface area is 161 Å². The minimum atomic E-state index is 0.00236. The van der Waals surface area contributed by atoms with Gasteiger partial charge in [-0.05, 0) is 74.8 Å². The molecule has 0 unspecified atom stereocenters. The number of carbonyl (C=O) groups is 1. The predicted molar refractivity (Wildman–Crippen MR) is 108 cm³/mol. The topological polar surface area (TPSA) is 50.2 Å². The minimum absolute atomic E-state index is 0.00236. The molecule has 2 aromatic rings. The van der Waals surface area contributed by atoms with Crippen LogP contribution in [0.3, 0.4) is 0 Å². The highest BCUT2D eigenvalue weighted by Gasteiger charge is 2.30. The Hall–Kier alpha value is -2.30. The van der Waals surface area contributed by atoms with Crippen molar-refractivity contribution in [2.75, 3.05) is 5.32 Å². The lowest BCUT2D eigenvalue weighted by molar-refractivity contribution is 0.183. The summed E-state index contributed by atoms with van der Waals surface area (Å²) in [6.07, 6.45) is 8.00. The highest BCUT2D eigenvalue weighted by molar-refractivity contribution is 5.89. The van der Waals surface area contributed by atoms with Crippen molar-refractivity contribution in [3.05, 3.63) is 46.3 Å². The van der Waals surface area contributed by atoms with Gasteiger partial charge < -0.3 is 10.2 Å². The number of carbonyl (C=O) groups excluding carboxylic acids is 1. The number of hydrogen-bond donors (Lipinski definition) is 1. The van der Waals surface area contributed by atoms with Crippen molar-refractivity contribution in [2.45, 2.75) is 71.4 Å². The van der Waals surface area contributed by atoms with E-state index in [9.17, 15) is 4.79 Å². The molecule has 2 aliphatic rings. The molecular formula is C22H30N4O. The van der Waals surface area contributed by atoms with E-state index in [-0.39, 0.29) is 6.03 Å². The number of fused-ring (bicyclic) bond motifs is 1. The lowest BCUT2D eigenvalue weighted by Gasteiger charge is -2.29. The van der Waals surface area contributed by atoms with E-state index in [1.807, 2.05) is 22.7 Å². The maximum absolute atomic E-state index is 13.2. The van der Waals surface area contributed by atoms with Crippen LogP contribution in [0.5, 0.6) is 0 Å². The summed E-state index contributed by atoms with van der Waals surface area (Å²) in [6, 6.07) is 6.43. The molecule has 0 bridgehead atoms. The van der Waals surface area contributed by atoms with Crippen LogP contribution in [-0.4, -0.2) is 26.8 Å². The molecule has 0 atom stereocenters. The van der Waals surface area contributed by atoms with Gasteiger partial charge in [-0.15, -0.1) is 0 Å². The van der Waals surface area contributed by atoms with Gasteiger partial charge in [-0.3, -0.25) is 4.68 Å². The first-order chi connectivity index (χ1) is 13.0. The van der Waals surface area contributed by atoms with Gasteiger partial charge in [-0.2, -0.15) is 5.10 Å². The smallest absolute Gasteiger partial charge is 0.316 e. The Bertz CT molecular complexity index is 848. The van der Waals surface area contributed by atoms with E-state index in [1.54, 1.807) is 0 Å². The van der Waals surface area contributed by atoms with Crippen LogP contribution in [0.1, 0.15) is 60.2 Å². The Balaban J connectivity index is 1.56. The van der Waals surface area contributed by atoms with Crippen molar-refractivity contribution in [1.82, 2.24) is 14.7 Å². The molecule has 0 saturated heterocycles. The number of anilines is 1. The largest absolute Gasteiger partial charge is 0.322 e. The first-order valence-electron chi connectivity index (χ1n) is 10.2. The van der Waals surface area contributed by atoms with E-state index < -0.39 is 0 Å². The zero-order chi connectivity index (χ0) is 19.0. The van der Waals surface area contributed by atoms with Crippen LogP contribution < -0.4 is 5.32 Å². The maximum Gasteiger partial charge on any atom is 0.322 e. The van der Waals surface area contributed by atoms with Gasteiger partial charge in [-0.25, -0.2) is 4.79 Å². The van der Waals surface area contributed by atoms with Gasteiger partial charge in [0, 0.05) is 24.5 Å². The summed E-state index contributed by atoms with van der Waals surface area (Å²) in [4.78, 5) is 15.2. The Morgan fingerprint density at radius 3 is 2.70 bits per heavy atom. The summed E-state index contributed by atoms with van der Waals surface area (Å²) in [7, 11) is 2.03. The lowest BCUT2D eigenvalue weighted by Crippen LogP contribution is -2.41. The number of amides is 2. The van der Waals surface area contributed by atoms with Crippen LogP contribution in [0.15, 0.2) is 18.2 Å². The average molecular weight is 367 g/mol. The number of aryl methyl sites for hydroxylation is 3. The molecule has 144 valence electrons. The number of rotatable bonds is 4. The van der Waals surface area contributed by atoms with E-state index >= 15 is 0 Å². The molecule has 1 N–H and O–H groups in total. The molecule has 4 rings (SSSR count). The summed E-state index contributed by atoms with van der Waals surface area (Å²) in [6.45, 7) is 4.79. The number of benzene rings is 1. The molecular weight excluding hydrogens is 336 g/mol. The Morgan fingerprint density at radius 1 is 1.19 bits per heavy atom. The van der Waals surface area contributed by atoms with E-state index in [4.69, 9.17) is 5.10 Å². The first-order valence-corrected chi connectivity index (χ1v) is 10.2. The molecule has 0 aliphatic heterocycles.